The minimum atomic E-state index is -4.53. The van der Waals surface area contributed by atoms with Gasteiger partial charge in [0.25, 0.3) is 0 Å². The third-order valence-corrected chi connectivity index (χ3v) is 2.33. The summed E-state index contributed by atoms with van der Waals surface area (Å²) in [6.07, 6.45) is -3.99. The van der Waals surface area contributed by atoms with Gasteiger partial charge in [-0.3, -0.25) is 4.98 Å². The van der Waals surface area contributed by atoms with Crippen molar-refractivity contribution < 1.29 is 17.6 Å². The van der Waals surface area contributed by atoms with Crippen molar-refractivity contribution in [3.05, 3.63) is 32.6 Å². The molecule has 0 spiro atoms. The molecule has 0 aliphatic rings. The van der Waals surface area contributed by atoms with E-state index in [1.165, 1.54) is 0 Å². The van der Waals surface area contributed by atoms with E-state index >= 15 is 0 Å². The zero-order valence-electron chi connectivity index (χ0n) is 6.95. The number of hydrogen-bond acceptors (Lipinski definition) is 1. The highest BCUT2D eigenvalue weighted by Crippen LogP contribution is 2.32. The van der Waals surface area contributed by atoms with E-state index in [4.69, 9.17) is 11.6 Å². The Hall–Kier alpha value is -0.370. The molecule has 0 amide bonds. The summed E-state index contributed by atoms with van der Waals surface area (Å²) in [6, 6.07) is 0.642. The molecule has 0 atom stereocenters. The Morgan fingerprint density at radius 2 is 2.07 bits per heavy atom. The molecule has 0 aromatic carbocycles. The molecule has 1 aromatic heterocycles. The number of alkyl halides is 3. The quantitative estimate of drug-likeness (QED) is 0.538. The molecular weight excluding hydrogens is 348 g/mol. The van der Waals surface area contributed by atoms with Crippen molar-refractivity contribution in [3.8, 4) is 0 Å². The van der Waals surface area contributed by atoms with Gasteiger partial charge in [-0.2, -0.15) is 13.2 Å². The first-order valence-corrected chi connectivity index (χ1v) is 5.17. The van der Waals surface area contributed by atoms with Gasteiger partial charge in [0.1, 0.15) is 5.69 Å². The van der Waals surface area contributed by atoms with Crippen LogP contribution in [-0.2, 0) is 6.18 Å². The standard InChI is InChI=1S/C8H3ClF4IN/c9-5-1-4(8(11,12)13)3-15-7(5)6(10)2-14/h1-3H. The lowest BCUT2D eigenvalue weighted by atomic mass is 10.2. The van der Waals surface area contributed by atoms with Gasteiger partial charge in [0.05, 0.1) is 10.6 Å². The normalized spacial score (nSPS) is 13.1. The second-order valence-corrected chi connectivity index (χ2v) is 3.54. The Morgan fingerprint density at radius 1 is 1.47 bits per heavy atom. The fourth-order valence-electron chi connectivity index (χ4n) is 0.820. The van der Waals surface area contributed by atoms with E-state index in [1.54, 1.807) is 22.6 Å². The van der Waals surface area contributed by atoms with E-state index in [0.717, 1.165) is 4.08 Å². The Balaban J connectivity index is 3.21. The highest BCUT2D eigenvalue weighted by molar-refractivity contribution is 14.1. The van der Waals surface area contributed by atoms with E-state index in [2.05, 4.69) is 4.98 Å². The summed E-state index contributed by atoms with van der Waals surface area (Å²) in [5.41, 5.74) is -1.29. The SMILES string of the molecule is FC(=CI)c1ncc(C(F)(F)F)cc1Cl. The summed E-state index contributed by atoms with van der Waals surface area (Å²) in [5, 5.41) is -0.366. The van der Waals surface area contributed by atoms with Crippen LogP contribution in [0.15, 0.2) is 16.3 Å². The average Bonchev–Trinajstić information content (AvgIpc) is 2.15. The molecule has 0 bridgehead atoms. The van der Waals surface area contributed by atoms with Crippen LogP contribution in [0, 0.1) is 0 Å². The predicted octanol–water partition coefficient (Wildman–Crippen LogP) is 4.46. The second kappa shape index (κ2) is 4.65. The van der Waals surface area contributed by atoms with Gasteiger partial charge < -0.3 is 0 Å². The lowest BCUT2D eigenvalue weighted by Gasteiger charge is -2.07. The molecule has 0 aliphatic carbocycles. The van der Waals surface area contributed by atoms with Crippen molar-refractivity contribution in [2.75, 3.05) is 0 Å². The fraction of sp³-hybridized carbons (Fsp3) is 0.125. The van der Waals surface area contributed by atoms with Crippen LogP contribution >= 0.6 is 34.2 Å². The van der Waals surface area contributed by atoms with Crippen molar-refractivity contribution in [1.82, 2.24) is 4.98 Å². The van der Waals surface area contributed by atoms with Crippen LogP contribution in [0.3, 0.4) is 0 Å². The summed E-state index contributed by atoms with van der Waals surface area (Å²) in [7, 11) is 0. The third kappa shape index (κ3) is 3.04. The van der Waals surface area contributed by atoms with Gasteiger partial charge in [-0.25, -0.2) is 4.39 Å². The minimum Gasteiger partial charge on any atom is -0.252 e. The second-order valence-electron chi connectivity index (χ2n) is 2.51. The zero-order valence-corrected chi connectivity index (χ0v) is 9.86. The largest absolute Gasteiger partial charge is 0.417 e. The monoisotopic (exact) mass is 351 g/mol. The van der Waals surface area contributed by atoms with Crippen molar-refractivity contribution in [2.24, 2.45) is 0 Å². The molecule has 0 N–H and O–H groups in total. The van der Waals surface area contributed by atoms with Crippen LogP contribution in [0.2, 0.25) is 5.02 Å². The fourth-order valence-corrected chi connectivity index (χ4v) is 1.37. The van der Waals surface area contributed by atoms with Gasteiger partial charge in [0.15, 0.2) is 5.83 Å². The van der Waals surface area contributed by atoms with E-state index in [9.17, 15) is 17.6 Å². The molecule has 1 rings (SSSR count). The summed E-state index contributed by atoms with van der Waals surface area (Å²) in [4.78, 5) is 3.32. The smallest absolute Gasteiger partial charge is 0.252 e. The van der Waals surface area contributed by atoms with Gasteiger partial charge >= 0.3 is 6.18 Å². The Bertz CT molecular complexity index is 402. The Morgan fingerprint density at radius 3 is 2.47 bits per heavy atom. The third-order valence-electron chi connectivity index (χ3n) is 1.49. The maximum atomic E-state index is 13.0. The van der Waals surface area contributed by atoms with E-state index in [-0.39, 0.29) is 10.7 Å². The van der Waals surface area contributed by atoms with Crippen LogP contribution in [0.5, 0.6) is 0 Å². The lowest BCUT2D eigenvalue weighted by Crippen LogP contribution is -2.06. The first-order valence-electron chi connectivity index (χ1n) is 3.55. The Labute approximate surface area is 101 Å². The van der Waals surface area contributed by atoms with E-state index in [0.29, 0.717) is 12.3 Å². The van der Waals surface area contributed by atoms with Crippen molar-refractivity contribution in [2.45, 2.75) is 6.18 Å². The van der Waals surface area contributed by atoms with Crippen LogP contribution in [0.25, 0.3) is 5.83 Å². The minimum absolute atomic E-state index is 0.293. The number of rotatable bonds is 1. The first-order chi connectivity index (χ1) is 6.86. The van der Waals surface area contributed by atoms with Crippen molar-refractivity contribution in [3.63, 3.8) is 0 Å². The predicted molar refractivity (Wildman–Crippen MR) is 57.4 cm³/mol. The number of nitrogens with zero attached hydrogens (tertiary/aromatic N) is 1. The zero-order chi connectivity index (χ0) is 11.6. The van der Waals surface area contributed by atoms with E-state index in [1.807, 2.05) is 0 Å². The van der Waals surface area contributed by atoms with Crippen LogP contribution in [0.1, 0.15) is 11.3 Å². The molecule has 0 saturated carbocycles. The molecule has 82 valence electrons. The highest BCUT2D eigenvalue weighted by atomic mass is 127. The molecule has 1 heterocycles. The molecule has 0 aliphatic heterocycles. The maximum absolute atomic E-state index is 13.0. The number of aromatic nitrogens is 1. The molecule has 1 aromatic rings. The lowest BCUT2D eigenvalue weighted by molar-refractivity contribution is -0.137. The number of hydrogen-bond donors (Lipinski definition) is 0. The Kier molecular flexibility index (Phi) is 3.93. The van der Waals surface area contributed by atoms with Gasteiger partial charge in [0, 0.05) is 10.3 Å². The van der Waals surface area contributed by atoms with Crippen LogP contribution in [-0.4, -0.2) is 4.98 Å². The number of pyridine rings is 1. The summed E-state index contributed by atoms with van der Waals surface area (Å²) < 4.78 is 50.5. The molecule has 0 unspecified atom stereocenters. The van der Waals surface area contributed by atoms with Gasteiger partial charge in [0.2, 0.25) is 0 Å². The molecule has 7 heteroatoms. The van der Waals surface area contributed by atoms with Crippen LogP contribution < -0.4 is 0 Å². The summed E-state index contributed by atoms with van der Waals surface area (Å²) in [5.74, 6) is -0.769. The molecule has 15 heavy (non-hydrogen) atoms. The van der Waals surface area contributed by atoms with Gasteiger partial charge in [-0.05, 0) is 28.7 Å². The van der Waals surface area contributed by atoms with Gasteiger partial charge in [-0.1, -0.05) is 11.6 Å². The van der Waals surface area contributed by atoms with E-state index < -0.39 is 17.6 Å². The highest BCUT2D eigenvalue weighted by Gasteiger charge is 2.31. The summed E-state index contributed by atoms with van der Waals surface area (Å²) >= 11 is 7.06. The maximum Gasteiger partial charge on any atom is 0.417 e. The van der Waals surface area contributed by atoms with Crippen molar-refractivity contribution >= 4 is 40.0 Å². The molecule has 0 radical (unpaired) electrons. The molecule has 0 saturated heterocycles. The molecule has 1 nitrogen and oxygen atoms in total. The van der Waals surface area contributed by atoms with Gasteiger partial charge in [-0.15, -0.1) is 0 Å². The molecule has 0 fully saturated rings. The summed E-state index contributed by atoms with van der Waals surface area (Å²) in [6.45, 7) is 0. The molecular formula is C8H3ClF4IN. The van der Waals surface area contributed by atoms with Crippen molar-refractivity contribution in [1.29, 1.82) is 0 Å². The van der Waals surface area contributed by atoms with Crippen LogP contribution in [0.4, 0.5) is 17.6 Å². The number of halogens is 6. The topological polar surface area (TPSA) is 12.9 Å². The average molecular weight is 351 g/mol. The first kappa shape index (κ1) is 12.7.